The van der Waals surface area contributed by atoms with E-state index in [2.05, 4.69) is 10.6 Å². The number of hydrogen-bond donors (Lipinski definition) is 2. The van der Waals surface area contributed by atoms with E-state index in [0.29, 0.717) is 28.8 Å². The lowest BCUT2D eigenvalue weighted by atomic mass is 10.2. The van der Waals surface area contributed by atoms with Crippen LogP contribution in [0, 0.1) is 6.92 Å². The molecule has 0 aliphatic rings. The first-order valence-electron chi connectivity index (χ1n) is 6.95. The van der Waals surface area contributed by atoms with Crippen LogP contribution in [0.4, 0.5) is 5.00 Å². The second kappa shape index (κ2) is 7.91. The van der Waals surface area contributed by atoms with Gasteiger partial charge in [0.25, 0.3) is 0 Å². The molecule has 2 rings (SSSR count). The number of aryl methyl sites for hydroxylation is 1. The minimum absolute atomic E-state index is 0.324. The zero-order valence-electron chi connectivity index (χ0n) is 12.5. The van der Waals surface area contributed by atoms with E-state index in [9.17, 15) is 4.79 Å². The van der Waals surface area contributed by atoms with E-state index in [1.165, 1.54) is 11.3 Å². The summed E-state index contributed by atoms with van der Waals surface area (Å²) in [6.45, 7) is 4.66. The van der Waals surface area contributed by atoms with E-state index >= 15 is 0 Å². The van der Waals surface area contributed by atoms with Crippen molar-refractivity contribution in [1.29, 1.82) is 0 Å². The molecule has 0 atom stereocenters. The van der Waals surface area contributed by atoms with Crippen LogP contribution in [-0.4, -0.2) is 17.7 Å². The van der Waals surface area contributed by atoms with E-state index in [4.69, 9.17) is 17.0 Å². The Hall–Kier alpha value is -1.92. The number of nitrogens with one attached hydrogen (secondary N) is 2. The van der Waals surface area contributed by atoms with Crippen LogP contribution in [0.25, 0.3) is 0 Å². The summed E-state index contributed by atoms with van der Waals surface area (Å²) in [6, 6.07) is 9.98. The molecule has 2 aromatic rings. The summed E-state index contributed by atoms with van der Waals surface area (Å²) in [4.78, 5) is 12.0. The van der Waals surface area contributed by atoms with Gasteiger partial charge in [0, 0.05) is 6.54 Å². The summed E-state index contributed by atoms with van der Waals surface area (Å²) in [5.41, 5.74) is 2.58. The Kier molecular flexibility index (Phi) is 5.91. The number of carbonyl (C=O) groups excluding carboxylic acids is 1. The van der Waals surface area contributed by atoms with Gasteiger partial charge in [-0.15, -0.1) is 11.3 Å². The van der Waals surface area contributed by atoms with Crippen LogP contribution in [0.5, 0.6) is 0 Å². The number of rotatable bonds is 5. The summed E-state index contributed by atoms with van der Waals surface area (Å²) in [6.07, 6.45) is 0. The van der Waals surface area contributed by atoms with Gasteiger partial charge in [-0.1, -0.05) is 30.3 Å². The molecule has 2 N–H and O–H groups in total. The molecule has 4 nitrogen and oxygen atoms in total. The highest BCUT2D eigenvalue weighted by molar-refractivity contribution is 7.80. The zero-order chi connectivity index (χ0) is 15.9. The molecule has 1 aromatic carbocycles. The molecule has 0 saturated heterocycles. The first kappa shape index (κ1) is 16.5. The molecule has 0 spiro atoms. The summed E-state index contributed by atoms with van der Waals surface area (Å²) in [5, 5.41) is 9.31. The molecular formula is C16H18N2O2S2. The maximum Gasteiger partial charge on any atom is 0.341 e. The molecule has 0 radical (unpaired) electrons. The topological polar surface area (TPSA) is 50.4 Å². The van der Waals surface area contributed by atoms with Crippen molar-refractivity contribution < 1.29 is 9.53 Å². The first-order valence-corrected chi connectivity index (χ1v) is 8.24. The highest BCUT2D eigenvalue weighted by Crippen LogP contribution is 2.28. The second-order valence-corrected chi connectivity index (χ2v) is 5.92. The lowest BCUT2D eigenvalue weighted by molar-refractivity contribution is 0.0527. The number of esters is 1. The predicted octanol–water partition coefficient (Wildman–Crippen LogP) is 3.72. The third-order valence-corrected chi connectivity index (χ3v) is 4.24. The fraction of sp³-hybridized carbons (Fsp3) is 0.250. The third kappa shape index (κ3) is 4.29. The van der Waals surface area contributed by atoms with Gasteiger partial charge >= 0.3 is 5.97 Å². The maximum atomic E-state index is 12.0. The van der Waals surface area contributed by atoms with Gasteiger partial charge in [0.2, 0.25) is 0 Å². The van der Waals surface area contributed by atoms with Gasteiger partial charge in [-0.25, -0.2) is 4.79 Å². The van der Waals surface area contributed by atoms with Gasteiger partial charge in [0.15, 0.2) is 5.11 Å². The summed E-state index contributed by atoms with van der Waals surface area (Å²) >= 11 is 6.73. The van der Waals surface area contributed by atoms with Gasteiger partial charge in [-0.2, -0.15) is 0 Å². The Labute approximate surface area is 139 Å². The highest BCUT2D eigenvalue weighted by atomic mass is 32.1. The average molecular weight is 334 g/mol. The van der Waals surface area contributed by atoms with E-state index < -0.39 is 0 Å². The fourth-order valence-corrected chi connectivity index (χ4v) is 3.09. The van der Waals surface area contributed by atoms with E-state index in [0.717, 1.165) is 11.1 Å². The van der Waals surface area contributed by atoms with Crippen LogP contribution in [0.3, 0.4) is 0 Å². The molecule has 0 amide bonds. The van der Waals surface area contributed by atoms with Crippen LogP contribution < -0.4 is 10.6 Å². The van der Waals surface area contributed by atoms with Crippen LogP contribution >= 0.6 is 23.6 Å². The minimum Gasteiger partial charge on any atom is -0.462 e. The number of benzene rings is 1. The summed E-state index contributed by atoms with van der Waals surface area (Å²) in [5.74, 6) is -0.324. The average Bonchev–Trinajstić information content (AvgIpc) is 2.87. The van der Waals surface area contributed by atoms with Crippen LogP contribution in [-0.2, 0) is 11.3 Å². The molecular weight excluding hydrogens is 316 g/mol. The fourth-order valence-electron chi connectivity index (χ4n) is 1.92. The monoisotopic (exact) mass is 334 g/mol. The number of ether oxygens (including phenoxy) is 1. The van der Waals surface area contributed by atoms with Gasteiger partial charge < -0.3 is 15.4 Å². The van der Waals surface area contributed by atoms with Gasteiger partial charge in [0.1, 0.15) is 5.00 Å². The molecule has 0 saturated carbocycles. The Morgan fingerprint density at radius 3 is 2.73 bits per heavy atom. The van der Waals surface area contributed by atoms with Crippen molar-refractivity contribution in [3.05, 3.63) is 52.4 Å². The Balaban J connectivity index is 1.98. The Morgan fingerprint density at radius 1 is 1.32 bits per heavy atom. The van der Waals surface area contributed by atoms with Crippen molar-refractivity contribution in [2.75, 3.05) is 11.9 Å². The molecule has 116 valence electrons. The van der Waals surface area contributed by atoms with Gasteiger partial charge in [-0.3, -0.25) is 0 Å². The molecule has 0 aliphatic carbocycles. The van der Waals surface area contributed by atoms with Crippen molar-refractivity contribution >= 4 is 39.6 Å². The predicted molar refractivity (Wildman–Crippen MR) is 94.5 cm³/mol. The molecule has 0 fully saturated rings. The molecule has 22 heavy (non-hydrogen) atoms. The third-order valence-electron chi connectivity index (χ3n) is 2.98. The SMILES string of the molecule is CCOC(=O)c1c(C)csc1NC(=S)NCc1ccccc1. The molecule has 0 bridgehead atoms. The lowest BCUT2D eigenvalue weighted by Crippen LogP contribution is -2.28. The van der Waals surface area contributed by atoms with E-state index in [1.54, 1.807) is 6.92 Å². The molecule has 0 unspecified atom stereocenters. The number of hydrogen-bond acceptors (Lipinski definition) is 4. The second-order valence-electron chi connectivity index (χ2n) is 4.64. The number of anilines is 1. The van der Waals surface area contributed by atoms with Crippen LogP contribution in [0.2, 0.25) is 0 Å². The summed E-state index contributed by atoms with van der Waals surface area (Å²) < 4.78 is 5.08. The maximum absolute atomic E-state index is 12.0. The first-order chi connectivity index (χ1) is 10.6. The number of carbonyl (C=O) groups is 1. The van der Waals surface area contributed by atoms with Crippen molar-refractivity contribution in [3.63, 3.8) is 0 Å². The van der Waals surface area contributed by atoms with E-state index in [1.807, 2.05) is 42.6 Å². The normalized spacial score (nSPS) is 10.1. The standard InChI is InChI=1S/C16H18N2O2S2/c1-3-20-15(19)13-11(2)10-22-14(13)18-16(21)17-9-12-7-5-4-6-8-12/h4-8,10H,3,9H2,1-2H3,(H2,17,18,21). The van der Waals surface area contributed by atoms with Crippen LogP contribution in [0.1, 0.15) is 28.4 Å². The number of thiophene rings is 1. The van der Waals surface area contributed by atoms with Crippen LogP contribution in [0.15, 0.2) is 35.7 Å². The smallest absolute Gasteiger partial charge is 0.341 e. The van der Waals surface area contributed by atoms with Crippen molar-refractivity contribution in [1.82, 2.24) is 5.32 Å². The quantitative estimate of drug-likeness (QED) is 0.645. The highest BCUT2D eigenvalue weighted by Gasteiger charge is 2.18. The lowest BCUT2D eigenvalue weighted by Gasteiger charge is -2.11. The molecule has 1 heterocycles. The Bertz CT molecular complexity index is 653. The molecule has 0 aliphatic heterocycles. The molecule has 6 heteroatoms. The summed E-state index contributed by atoms with van der Waals surface area (Å²) in [7, 11) is 0. The van der Waals surface area contributed by atoms with Crippen molar-refractivity contribution in [2.24, 2.45) is 0 Å². The Morgan fingerprint density at radius 2 is 2.05 bits per heavy atom. The molecule has 1 aromatic heterocycles. The van der Waals surface area contributed by atoms with Gasteiger partial charge in [-0.05, 0) is 42.6 Å². The van der Waals surface area contributed by atoms with Crippen molar-refractivity contribution in [2.45, 2.75) is 20.4 Å². The van der Waals surface area contributed by atoms with E-state index in [-0.39, 0.29) is 5.97 Å². The zero-order valence-corrected chi connectivity index (χ0v) is 14.1. The van der Waals surface area contributed by atoms with Crippen molar-refractivity contribution in [3.8, 4) is 0 Å². The minimum atomic E-state index is -0.324. The number of thiocarbonyl (C=S) groups is 1. The van der Waals surface area contributed by atoms with Gasteiger partial charge in [0.05, 0.1) is 12.2 Å². The largest absolute Gasteiger partial charge is 0.462 e.